The van der Waals surface area contributed by atoms with Gasteiger partial charge in [0.2, 0.25) is 0 Å². The first-order valence-electron chi connectivity index (χ1n) is 12.2. The van der Waals surface area contributed by atoms with Crippen molar-refractivity contribution in [2.75, 3.05) is 39.2 Å². The first-order chi connectivity index (χ1) is 18.0. The van der Waals surface area contributed by atoms with Crippen LogP contribution in [0, 0.1) is 5.82 Å². The van der Waals surface area contributed by atoms with E-state index in [1.54, 1.807) is 12.4 Å². The number of rotatable bonds is 6. The fraction of sp³-hybridized carbons (Fsp3) is 0.296. The van der Waals surface area contributed by atoms with Gasteiger partial charge < -0.3 is 25.0 Å². The van der Waals surface area contributed by atoms with E-state index in [4.69, 9.17) is 14.5 Å². The summed E-state index contributed by atoms with van der Waals surface area (Å²) >= 11 is 0. The molecule has 10 heteroatoms. The molecule has 1 atom stereocenters. The molecule has 190 valence electrons. The second kappa shape index (κ2) is 9.55. The fourth-order valence-corrected chi connectivity index (χ4v) is 4.95. The van der Waals surface area contributed by atoms with Crippen molar-refractivity contribution in [2.24, 2.45) is 0 Å². The van der Waals surface area contributed by atoms with Crippen molar-refractivity contribution in [3.8, 4) is 11.3 Å². The predicted molar refractivity (Wildman–Crippen MR) is 136 cm³/mol. The van der Waals surface area contributed by atoms with Crippen LogP contribution in [0.3, 0.4) is 0 Å². The zero-order valence-corrected chi connectivity index (χ0v) is 20.6. The first-order valence-corrected chi connectivity index (χ1v) is 12.2. The molecule has 9 nitrogen and oxygen atoms in total. The van der Waals surface area contributed by atoms with Crippen LogP contribution in [0.5, 0.6) is 0 Å². The number of imidazole rings is 1. The maximum atomic E-state index is 13.7. The third kappa shape index (κ3) is 4.43. The Bertz CT molecular complexity index is 1500. The molecule has 2 N–H and O–H groups in total. The number of anilines is 2. The maximum Gasteiger partial charge on any atom is 0.254 e. The van der Waals surface area contributed by atoms with Crippen LogP contribution in [0.15, 0.2) is 48.8 Å². The molecule has 2 aliphatic heterocycles. The van der Waals surface area contributed by atoms with Crippen molar-refractivity contribution in [3.05, 3.63) is 77.0 Å². The first kappa shape index (κ1) is 23.5. The van der Waals surface area contributed by atoms with Gasteiger partial charge in [0, 0.05) is 36.5 Å². The molecule has 37 heavy (non-hydrogen) atoms. The summed E-state index contributed by atoms with van der Waals surface area (Å²) in [5, 5.41) is 6.30. The second-order valence-electron chi connectivity index (χ2n) is 9.44. The number of amides is 1. The van der Waals surface area contributed by atoms with Crippen molar-refractivity contribution in [2.45, 2.75) is 19.2 Å². The van der Waals surface area contributed by atoms with Gasteiger partial charge in [-0.2, -0.15) is 0 Å². The monoisotopic (exact) mass is 502 g/mol. The van der Waals surface area contributed by atoms with Gasteiger partial charge in [0.15, 0.2) is 0 Å². The van der Waals surface area contributed by atoms with E-state index >= 15 is 0 Å². The minimum Gasteiger partial charge on any atom is -0.376 e. The van der Waals surface area contributed by atoms with Crippen LogP contribution in [0.4, 0.5) is 15.9 Å². The number of halogens is 1. The van der Waals surface area contributed by atoms with Crippen LogP contribution in [-0.2, 0) is 22.6 Å². The Balaban J connectivity index is 1.37. The number of aromatic nitrogens is 3. The number of carbonyl (C=O) groups is 1. The van der Waals surface area contributed by atoms with E-state index in [1.807, 2.05) is 42.8 Å². The Morgan fingerprint density at radius 3 is 2.92 bits per heavy atom. The highest BCUT2D eigenvalue weighted by atomic mass is 19.1. The summed E-state index contributed by atoms with van der Waals surface area (Å²) in [5.41, 5.74) is 6.15. The summed E-state index contributed by atoms with van der Waals surface area (Å²) in [4.78, 5) is 24.2. The van der Waals surface area contributed by atoms with Gasteiger partial charge in [0.1, 0.15) is 23.4 Å². The van der Waals surface area contributed by atoms with Gasteiger partial charge in [-0.3, -0.25) is 9.20 Å². The van der Waals surface area contributed by atoms with Gasteiger partial charge in [-0.1, -0.05) is 12.1 Å². The summed E-state index contributed by atoms with van der Waals surface area (Å²) in [6.45, 7) is 2.69. The highest BCUT2D eigenvalue weighted by Crippen LogP contribution is 2.36. The second-order valence-corrected chi connectivity index (χ2v) is 9.44. The third-order valence-corrected chi connectivity index (χ3v) is 6.62. The number of fused-ring (bicyclic) bond motifs is 2. The van der Waals surface area contributed by atoms with E-state index in [9.17, 15) is 9.18 Å². The van der Waals surface area contributed by atoms with Crippen molar-refractivity contribution in [1.29, 1.82) is 0 Å². The number of ether oxygens (including phenoxy) is 2. The molecule has 2 aliphatic rings. The fourth-order valence-electron chi connectivity index (χ4n) is 4.95. The standard InChI is InChI=1S/C27H27FN6O3/c1-33(2)14-21-18(23-15-36-9-10-37-23)4-6-24(32-21)31-20-5-3-17(19-12-30-27(35)26(19)20)22-13-29-25-11-16(28)7-8-34(22)25/h3-8,11,13,23H,9-10,12,14-15H2,1-2H3,(H,30,35)(H,31,32)/t23-/m1/s1. The molecular weight excluding hydrogens is 475 g/mol. The molecule has 4 aromatic rings. The zero-order chi connectivity index (χ0) is 25.5. The molecule has 0 aliphatic carbocycles. The summed E-state index contributed by atoms with van der Waals surface area (Å²) < 4.78 is 27.0. The van der Waals surface area contributed by atoms with E-state index in [2.05, 4.69) is 20.5 Å². The average molecular weight is 503 g/mol. The molecule has 0 radical (unpaired) electrons. The topological polar surface area (TPSA) is 93.0 Å². The minimum absolute atomic E-state index is 0.154. The molecular formula is C27H27FN6O3. The van der Waals surface area contributed by atoms with Crippen molar-refractivity contribution in [1.82, 2.24) is 24.6 Å². The van der Waals surface area contributed by atoms with Gasteiger partial charge in [0.05, 0.1) is 48.7 Å². The van der Waals surface area contributed by atoms with Gasteiger partial charge in [0.25, 0.3) is 5.91 Å². The molecule has 1 fully saturated rings. The van der Waals surface area contributed by atoms with Crippen molar-refractivity contribution < 1.29 is 18.7 Å². The molecule has 1 saturated heterocycles. The summed E-state index contributed by atoms with van der Waals surface area (Å²) in [5.74, 6) is 0.135. The van der Waals surface area contributed by atoms with Gasteiger partial charge >= 0.3 is 0 Å². The van der Waals surface area contributed by atoms with Crippen molar-refractivity contribution in [3.63, 3.8) is 0 Å². The van der Waals surface area contributed by atoms with Gasteiger partial charge in [-0.15, -0.1) is 0 Å². The molecule has 1 aromatic carbocycles. The SMILES string of the molecule is CN(C)Cc1nc(Nc2ccc(-c3cnc4cc(F)ccn34)c3c2C(=O)NC3)ccc1[C@H]1COCCO1. The van der Waals surface area contributed by atoms with Gasteiger partial charge in [-0.25, -0.2) is 14.4 Å². The van der Waals surface area contributed by atoms with E-state index in [-0.39, 0.29) is 17.8 Å². The lowest BCUT2D eigenvalue weighted by Gasteiger charge is -2.26. The molecule has 0 bridgehead atoms. The average Bonchev–Trinajstić information content (AvgIpc) is 3.48. The van der Waals surface area contributed by atoms with Crippen LogP contribution < -0.4 is 10.6 Å². The summed E-state index contributed by atoms with van der Waals surface area (Å²) in [6.07, 6.45) is 3.19. The Labute approximate surface area is 213 Å². The number of hydrogen-bond acceptors (Lipinski definition) is 7. The quantitative estimate of drug-likeness (QED) is 0.416. The number of pyridine rings is 2. The van der Waals surface area contributed by atoms with E-state index in [0.29, 0.717) is 55.6 Å². The van der Waals surface area contributed by atoms with E-state index in [0.717, 1.165) is 28.1 Å². The normalized spacial score (nSPS) is 17.3. The minimum atomic E-state index is -0.346. The molecule has 3 aromatic heterocycles. The Morgan fingerprint density at radius 2 is 2.11 bits per heavy atom. The maximum absolute atomic E-state index is 13.7. The van der Waals surface area contributed by atoms with Crippen molar-refractivity contribution >= 4 is 23.1 Å². The molecule has 1 amide bonds. The molecule has 0 spiro atoms. The number of carbonyl (C=O) groups excluding carboxylic acids is 1. The summed E-state index contributed by atoms with van der Waals surface area (Å²) in [6, 6.07) is 10.5. The number of hydrogen-bond donors (Lipinski definition) is 2. The third-order valence-electron chi connectivity index (χ3n) is 6.62. The Morgan fingerprint density at radius 1 is 1.22 bits per heavy atom. The molecule has 0 unspecified atom stereocenters. The number of nitrogens with zero attached hydrogens (tertiary/aromatic N) is 4. The Kier molecular flexibility index (Phi) is 6.07. The van der Waals surface area contributed by atoms with Crippen LogP contribution in [0.25, 0.3) is 16.9 Å². The van der Waals surface area contributed by atoms with Crippen LogP contribution in [0.1, 0.15) is 33.3 Å². The summed E-state index contributed by atoms with van der Waals surface area (Å²) in [7, 11) is 3.99. The zero-order valence-electron chi connectivity index (χ0n) is 20.6. The molecule has 0 saturated carbocycles. The largest absolute Gasteiger partial charge is 0.376 e. The van der Waals surface area contributed by atoms with Crippen LogP contribution >= 0.6 is 0 Å². The molecule has 5 heterocycles. The predicted octanol–water partition coefficient (Wildman–Crippen LogP) is 3.67. The van der Waals surface area contributed by atoms with Crippen LogP contribution in [-0.4, -0.2) is 59.1 Å². The smallest absolute Gasteiger partial charge is 0.254 e. The highest BCUT2D eigenvalue weighted by molar-refractivity contribution is 6.06. The number of benzene rings is 1. The number of nitrogens with one attached hydrogen (secondary N) is 2. The highest BCUT2D eigenvalue weighted by Gasteiger charge is 2.28. The lowest BCUT2D eigenvalue weighted by atomic mass is 9.99. The van der Waals surface area contributed by atoms with E-state index in [1.165, 1.54) is 12.1 Å². The lowest BCUT2D eigenvalue weighted by Crippen LogP contribution is -2.24. The lowest BCUT2D eigenvalue weighted by molar-refractivity contribution is -0.0907. The van der Waals surface area contributed by atoms with Crippen LogP contribution in [0.2, 0.25) is 0 Å². The van der Waals surface area contributed by atoms with Gasteiger partial charge in [-0.05, 0) is 37.9 Å². The van der Waals surface area contributed by atoms with E-state index < -0.39 is 0 Å². The molecule has 6 rings (SSSR count). The Hall–Kier alpha value is -3.86.